The lowest BCUT2D eigenvalue weighted by Gasteiger charge is -2.63. The molecule has 0 aromatic heterocycles. The number of carbonyl (C=O) groups excluding carboxylic acids is 1. The molecule has 0 saturated heterocycles. The third-order valence-corrected chi connectivity index (χ3v) is 5.74. The number of carbonyl (C=O) groups is 1. The van der Waals surface area contributed by atoms with Gasteiger partial charge in [0.1, 0.15) is 6.29 Å². The van der Waals surface area contributed by atoms with Crippen LogP contribution in [0.5, 0.6) is 0 Å². The fraction of sp³-hybridized carbons (Fsp3) is 0.923. The first-order valence-corrected chi connectivity index (χ1v) is 6.04. The predicted molar refractivity (Wildman–Crippen MR) is 55.8 cm³/mol. The van der Waals surface area contributed by atoms with E-state index >= 15 is 0 Å². The Hall–Kier alpha value is -0.330. The first-order valence-electron chi connectivity index (χ1n) is 6.04. The predicted octanol–water partition coefficient (Wildman–Crippen LogP) is 3.04. The summed E-state index contributed by atoms with van der Waals surface area (Å²) in [5.41, 5.74) is 0.337. The summed E-state index contributed by atoms with van der Waals surface area (Å²) in [6.45, 7) is 4.67. The molecule has 2 unspecified atom stereocenters. The molecule has 0 aromatic carbocycles. The van der Waals surface area contributed by atoms with Crippen molar-refractivity contribution in [3.63, 3.8) is 0 Å². The molecule has 0 heterocycles. The highest BCUT2D eigenvalue weighted by Crippen LogP contribution is 2.67. The van der Waals surface area contributed by atoms with E-state index in [9.17, 15) is 4.79 Å². The monoisotopic (exact) mass is 192 g/mol. The van der Waals surface area contributed by atoms with Crippen LogP contribution in [0, 0.1) is 28.6 Å². The van der Waals surface area contributed by atoms with Gasteiger partial charge in [0.25, 0.3) is 0 Å². The van der Waals surface area contributed by atoms with Gasteiger partial charge in [0.05, 0.1) is 0 Å². The Labute approximate surface area is 86.3 Å². The van der Waals surface area contributed by atoms with E-state index in [1.807, 2.05) is 0 Å². The van der Waals surface area contributed by atoms with Gasteiger partial charge in [0.15, 0.2) is 0 Å². The van der Waals surface area contributed by atoms with E-state index in [-0.39, 0.29) is 10.8 Å². The van der Waals surface area contributed by atoms with Crippen molar-refractivity contribution in [1.82, 2.24) is 0 Å². The van der Waals surface area contributed by atoms with Crippen LogP contribution in [0.25, 0.3) is 0 Å². The molecule has 14 heavy (non-hydrogen) atoms. The van der Waals surface area contributed by atoms with Crippen molar-refractivity contribution in [1.29, 1.82) is 0 Å². The number of rotatable bonds is 1. The quantitative estimate of drug-likeness (QED) is 0.584. The Bertz CT molecular complexity index is 265. The van der Waals surface area contributed by atoms with Crippen LogP contribution in [0.15, 0.2) is 0 Å². The third kappa shape index (κ3) is 0.844. The second-order valence-electron chi connectivity index (χ2n) is 6.54. The average molecular weight is 192 g/mol. The van der Waals surface area contributed by atoms with E-state index in [1.165, 1.54) is 38.4 Å². The Kier molecular flexibility index (Phi) is 1.55. The summed E-state index contributed by atoms with van der Waals surface area (Å²) in [5, 5.41) is 0. The smallest absolute Gasteiger partial charge is 0.126 e. The van der Waals surface area contributed by atoms with E-state index in [2.05, 4.69) is 13.8 Å². The van der Waals surface area contributed by atoms with Crippen molar-refractivity contribution in [3.05, 3.63) is 0 Å². The molecule has 0 amide bonds. The van der Waals surface area contributed by atoms with Crippen molar-refractivity contribution in [2.45, 2.75) is 46.0 Å². The van der Waals surface area contributed by atoms with E-state index in [4.69, 9.17) is 0 Å². The molecule has 0 N–H and O–H groups in total. The van der Waals surface area contributed by atoms with Crippen LogP contribution in [-0.4, -0.2) is 6.29 Å². The molecule has 4 saturated carbocycles. The standard InChI is InChI=1S/C13H20O/c1-12(2)11-4-9-3-10(5-11)7-13(12,6-9)8-14/h8-11H,3-7H2,1-2H3. The van der Waals surface area contributed by atoms with Crippen molar-refractivity contribution < 1.29 is 4.79 Å². The molecule has 1 nitrogen and oxygen atoms in total. The minimum Gasteiger partial charge on any atom is -0.303 e. The Morgan fingerprint density at radius 3 is 2.14 bits per heavy atom. The van der Waals surface area contributed by atoms with Gasteiger partial charge >= 0.3 is 0 Å². The van der Waals surface area contributed by atoms with Gasteiger partial charge in [0, 0.05) is 5.41 Å². The first kappa shape index (κ1) is 8.94. The molecule has 0 radical (unpaired) electrons. The Morgan fingerprint density at radius 2 is 1.64 bits per heavy atom. The zero-order chi connectivity index (χ0) is 9.97. The second kappa shape index (κ2) is 2.43. The van der Waals surface area contributed by atoms with Crippen LogP contribution in [-0.2, 0) is 4.79 Å². The summed E-state index contributed by atoms with van der Waals surface area (Å²) in [6.07, 6.45) is 7.92. The van der Waals surface area contributed by atoms with Gasteiger partial charge in [-0.15, -0.1) is 0 Å². The van der Waals surface area contributed by atoms with Gasteiger partial charge in [-0.1, -0.05) is 13.8 Å². The number of aldehydes is 1. The number of hydrogen-bond acceptors (Lipinski definition) is 1. The van der Waals surface area contributed by atoms with E-state index in [0.29, 0.717) is 0 Å². The van der Waals surface area contributed by atoms with Crippen LogP contribution in [0.4, 0.5) is 0 Å². The summed E-state index contributed by atoms with van der Waals surface area (Å²) in [6, 6.07) is 0. The Balaban J connectivity index is 2.06. The molecule has 4 fully saturated rings. The molecule has 0 aliphatic heterocycles. The summed E-state index contributed by atoms with van der Waals surface area (Å²) in [4.78, 5) is 11.5. The molecule has 2 atom stereocenters. The van der Waals surface area contributed by atoms with Crippen molar-refractivity contribution in [2.24, 2.45) is 28.6 Å². The summed E-state index contributed by atoms with van der Waals surface area (Å²) < 4.78 is 0. The van der Waals surface area contributed by atoms with Gasteiger partial charge in [0.2, 0.25) is 0 Å². The molecule has 0 spiro atoms. The largest absolute Gasteiger partial charge is 0.303 e. The van der Waals surface area contributed by atoms with Crippen molar-refractivity contribution in [2.75, 3.05) is 0 Å². The zero-order valence-electron chi connectivity index (χ0n) is 9.25. The van der Waals surface area contributed by atoms with Crippen LogP contribution in [0.3, 0.4) is 0 Å². The second-order valence-corrected chi connectivity index (χ2v) is 6.54. The summed E-state index contributed by atoms with van der Waals surface area (Å²) in [5.74, 6) is 2.59. The van der Waals surface area contributed by atoms with Gasteiger partial charge in [-0.3, -0.25) is 0 Å². The molecule has 4 aliphatic carbocycles. The Morgan fingerprint density at radius 1 is 1.07 bits per heavy atom. The van der Waals surface area contributed by atoms with E-state index in [1.54, 1.807) is 0 Å². The maximum absolute atomic E-state index is 11.5. The summed E-state index contributed by atoms with van der Waals surface area (Å²) in [7, 11) is 0. The van der Waals surface area contributed by atoms with E-state index in [0.717, 1.165) is 17.8 Å². The SMILES string of the molecule is CC1(C)C2CC3CC(C2)CC1(C=O)C3. The third-order valence-electron chi connectivity index (χ3n) is 5.74. The molecule has 4 aliphatic rings. The first-order chi connectivity index (χ1) is 6.57. The molecular formula is C13H20O. The molecule has 78 valence electrons. The maximum Gasteiger partial charge on any atom is 0.126 e. The van der Waals surface area contributed by atoms with Gasteiger partial charge in [-0.2, -0.15) is 0 Å². The van der Waals surface area contributed by atoms with Crippen LogP contribution >= 0.6 is 0 Å². The molecule has 4 bridgehead atoms. The van der Waals surface area contributed by atoms with Crippen molar-refractivity contribution >= 4 is 6.29 Å². The number of hydrogen-bond donors (Lipinski definition) is 0. The molecular weight excluding hydrogens is 172 g/mol. The molecule has 4 rings (SSSR count). The topological polar surface area (TPSA) is 17.1 Å². The van der Waals surface area contributed by atoms with Crippen molar-refractivity contribution in [3.8, 4) is 0 Å². The fourth-order valence-corrected chi connectivity index (χ4v) is 4.78. The lowest BCUT2D eigenvalue weighted by Crippen LogP contribution is -2.58. The normalized spacial score (nSPS) is 53.4. The van der Waals surface area contributed by atoms with E-state index < -0.39 is 0 Å². The highest BCUT2D eigenvalue weighted by molar-refractivity contribution is 5.62. The minimum atomic E-state index is 0.0573. The van der Waals surface area contributed by atoms with Gasteiger partial charge in [-0.25, -0.2) is 0 Å². The molecule has 1 heteroatoms. The van der Waals surface area contributed by atoms with Gasteiger partial charge in [-0.05, 0) is 55.3 Å². The lowest BCUT2D eigenvalue weighted by atomic mass is 9.40. The average Bonchev–Trinajstić information content (AvgIpc) is 2.13. The fourth-order valence-electron chi connectivity index (χ4n) is 4.78. The highest BCUT2D eigenvalue weighted by Gasteiger charge is 2.61. The minimum absolute atomic E-state index is 0.0573. The molecule has 0 aromatic rings. The van der Waals surface area contributed by atoms with Crippen LogP contribution in [0.1, 0.15) is 46.0 Å². The van der Waals surface area contributed by atoms with Crippen LogP contribution in [0.2, 0.25) is 0 Å². The maximum atomic E-state index is 11.5. The van der Waals surface area contributed by atoms with Gasteiger partial charge < -0.3 is 4.79 Å². The zero-order valence-corrected chi connectivity index (χ0v) is 9.25. The summed E-state index contributed by atoms with van der Waals surface area (Å²) >= 11 is 0. The highest BCUT2D eigenvalue weighted by atomic mass is 16.1. The lowest BCUT2D eigenvalue weighted by molar-refractivity contribution is -0.166. The van der Waals surface area contributed by atoms with Crippen LogP contribution < -0.4 is 0 Å².